The van der Waals surface area contributed by atoms with Gasteiger partial charge in [-0.3, -0.25) is 0 Å². The van der Waals surface area contributed by atoms with E-state index in [1.54, 1.807) is 0 Å². The van der Waals surface area contributed by atoms with E-state index >= 15 is 0 Å². The Kier molecular flexibility index (Phi) is 5.46. The van der Waals surface area contributed by atoms with E-state index in [-0.39, 0.29) is 6.61 Å². The normalized spacial score (nSPS) is 12.0. The summed E-state index contributed by atoms with van der Waals surface area (Å²) in [6, 6.07) is 0. The molecule has 11 heavy (non-hydrogen) atoms. The van der Waals surface area contributed by atoms with E-state index in [0.29, 0.717) is 0 Å². The number of rotatable bonds is 6. The Morgan fingerprint density at radius 1 is 1.18 bits per heavy atom. The molecule has 0 aromatic carbocycles. The average Bonchev–Trinajstić information content (AvgIpc) is 1.99. The zero-order valence-corrected chi connectivity index (χ0v) is 7.34. The van der Waals surface area contributed by atoms with E-state index in [1.165, 1.54) is 0 Å². The first-order valence-electron chi connectivity index (χ1n) is 4.31. The molecule has 0 aliphatic heterocycles. The molecule has 3 heteroatoms. The van der Waals surface area contributed by atoms with Crippen molar-refractivity contribution in [3.05, 3.63) is 0 Å². The second-order valence-electron chi connectivity index (χ2n) is 3.12. The van der Waals surface area contributed by atoms with Crippen LogP contribution in [0.1, 0.15) is 39.0 Å². The highest BCUT2D eigenvalue weighted by Crippen LogP contribution is 2.09. The minimum Gasteiger partial charge on any atom is -0.396 e. The molecule has 0 amide bonds. The Balaban J connectivity index is 3.23. The molecule has 0 aliphatic rings. The van der Waals surface area contributed by atoms with Crippen LogP contribution in [0.3, 0.4) is 0 Å². The summed E-state index contributed by atoms with van der Waals surface area (Å²) < 4.78 is 0. The zero-order chi connectivity index (χ0) is 8.74. The van der Waals surface area contributed by atoms with Crippen molar-refractivity contribution in [3.8, 4) is 0 Å². The third-order valence-electron chi connectivity index (χ3n) is 1.96. The summed E-state index contributed by atoms with van der Waals surface area (Å²) >= 11 is 0. The van der Waals surface area contributed by atoms with Crippen LogP contribution in [0.2, 0.25) is 0 Å². The van der Waals surface area contributed by atoms with Crippen LogP contribution >= 0.6 is 0 Å². The van der Waals surface area contributed by atoms with E-state index < -0.39 is 5.66 Å². The van der Waals surface area contributed by atoms with E-state index in [9.17, 15) is 0 Å². The van der Waals surface area contributed by atoms with E-state index in [1.807, 2.05) is 6.92 Å². The molecule has 0 saturated carbocycles. The standard InChI is InChI=1S/C8H20N2O/c1-2-8(9,10)6-4-3-5-7-11/h11H,2-7,9-10H2,1H3. The van der Waals surface area contributed by atoms with Crippen LogP contribution in [0.25, 0.3) is 0 Å². The van der Waals surface area contributed by atoms with Gasteiger partial charge in [0.05, 0.1) is 5.66 Å². The topological polar surface area (TPSA) is 72.3 Å². The van der Waals surface area contributed by atoms with Gasteiger partial charge in [-0.15, -0.1) is 0 Å². The van der Waals surface area contributed by atoms with Crippen molar-refractivity contribution in [2.24, 2.45) is 11.5 Å². The Morgan fingerprint density at radius 2 is 1.82 bits per heavy atom. The largest absolute Gasteiger partial charge is 0.396 e. The van der Waals surface area contributed by atoms with E-state index in [0.717, 1.165) is 32.1 Å². The van der Waals surface area contributed by atoms with Crippen molar-refractivity contribution in [1.82, 2.24) is 0 Å². The van der Waals surface area contributed by atoms with Gasteiger partial charge in [0.25, 0.3) is 0 Å². The molecule has 0 bridgehead atoms. The first-order valence-corrected chi connectivity index (χ1v) is 4.31. The van der Waals surface area contributed by atoms with Gasteiger partial charge >= 0.3 is 0 Å². The molecule has 68 valence electrons. The number of unbranched alkanes of at least 4 members (excludes halogenated alkanes) is 2. The summed E-state index contributed by atoms with van der Waals surface area (Å²) in [4.78, 5) is 0. The van der Waals surface area contributed by atoms with Crippen LogP contribution in [-0.2, 0) is 0 Å². The lowest BCUT2D eigenvalue weighted by Gasteiger charge is -2.22. The SMILES string of the molecule is CCC(N)(N)CCCCCO. The molecular formula is C8H20N2O. The van der Waals surface area contributed by atoms with Crippen molar-refractivity contribution in [2.45, 2.75) is 44.7 Å². The first kappa shape index (κ1) is 10.9. The maximum atomic E-state index is 8.49. The molecule has 0 fully saturated rings. The highest BCUT2D eigenvalue weighted by Gasteiger charge is 2.14. The molecule has 0 aromatic heterocycles. The van der Waals surface area contributed by atoms with Crippen LogP contribution in [0.15, 0.2) is 0 Å². The number of hydrogen-bond acceptors (Lipinski definition) is 3. The predicted octanol–water partition coefficient (Wildman–Crippen LogP) is 0.563. The van der Waals surface area contributed by atoms with Crippen molar-refractivity contribution < 1.29 is 5.11 Å². The van der Waals surface area contributed by atoms with Crippen molar-refractivity contribution in [2.75, 3.05) is 6.61 Å². The lowest BCUT2D eigenvalue weighted by atomic mass is 10.0. The van der Waals surface area contributed by atoms with Gasteiger partial charge in [-0.1, -0.05) is 19.8 Å². The van der Waals surface area contributed by atoms with Gasteiger partial charge in [-0.2, -0.15) is 0 Å². The van der Waals surface area contributed by atoms with Crippen molar-refractivity contribution in [3.63, 3.8) is 0 Å². The van der Waals surface area contributed by atoms with Gasteiger partial charge in [0.2, 0.25) is 0 Å². The van der Waals surface area contributed by atoms with Crippen LogP contribution in [0.4, 0.5) is 0 Å². The van der Waals surface area contributed by atoms with Crippen LogP contribution in [0.5, 0.6) is 0 Å². The summed E-state index contributed by atoms with van der Waals surface area (Å²) in [7, 11) is 0. The summed E-state index contributed by atoms with van der Waals surface area (Å²) in [5.74, 6) is 0. The molecule has 0 unspecified atom stereocenters. The monoisotopic (exact) mass is 160 g/mol. The van der Waals surface area contributed by atoms with Crippen LogP contribution < -0.4 is 11.5 Å². The molecule has 0 aromatic rings. The number of nitrogens with two attached hydrogens (primary N) is 2. The van der Waals surface area contributed by atoms with Gasteiger partial charge in [0.1, 0.15) is 0 Å². The molecule has 0 saturated heterocycles. The molecule has 3 nitrogen and oxygen atoms in total. The second-order valence-corrected chi connectivity index (χ2v) is 3.12. The number of aliphatic hydroxyl groups is 1. The smallest absolute Gasteiger partial charge is 0.0633 e. The summed E-state index contributed by atoms with van der Waals surface area (Å²) in [6.45, 7) is 2.26. The lowest BCUT2D eigenvalue weighted by molar-refractivity contribution is 0.277. The molecule has 0 atom stereocenters. The quantitative estimate of drug-likeness (QED) is 0.393. The van der Waals surface area contributed by atoms with Gasteiger partial charge in [0.15, 0.2) is 0 Å². The zero-order valence-electron chi connectivity index (χ0n) is 7.34. The Bertz CT molecular complexity index is 94.1. The maximum absolute atomic E-state index is 8.49. The highest BCUT2D eigenvalue weighted by molar-refractivity contribution is 4.73. The lowest BCUT2D eigenvalue weighted by Crippen LogP contribution is -2.48. The van der Waals surface area contributed by atoms with Crippen LogP contribution in [-0.4, -0.2) is 17.4 Å². The fourth-order valence-electron chi connectivity index (χ4n) is 0.919. The van der Waals surface area contributed by atoms with Crippen molar-refractivity contribution >= 4 is 0 Å². The van der Waals surface area contributed by atoms with Gasteiger partial charge in [0, 0.05) is 6.61 Å². The molecule has 0 aliphatic carbocycles. The molecule has 0 heterocycles. The summed E-state index contributed by atoms with van der Waals surface area (Å²) in [6.07, 6.45) is 4.56. The third-order valence-corrected chi connectivity index (χ3v) is 1.96. The highest BCUT2D eigenvalue weighted by atomic mass is 16.2. The predicted molar refractivity (Wildman–Crippen MR) is 47.0 cm³/mol. The van der Waals surface area contributed by atoms with Gasteiger partial charge in [-0.05, 0) is 19.3 Å². The molecule has 0 radical (unpaired) electrons. The van der Waals surface area contributed by atoms with Crippen molar-refractivity contribution in [1.29, 1.82) is 0 Å². The maximum Gasteiger partial charge on any atom is 0.0633 e. The van der Waals surface area contributed by atoms with E-state index in [4.69, 9.17) is 16.6 Å². The molecule has 5 N–H and O–H groups in total. The molecule has 0 rings (SSSR count). The first-order chi connectivity index (χ1) is 5.12. The van der Waals surface area contributed by atoms with Gasteiger partial charge < -0.3 is 16.6 Å². The molecular weight excluding hydrogens is 140 g/mol. The Morgan fingerprint density at radius 3 is 2.27 bits per heavy atom. The minimum absolute atomic E-state index is 0.272. The fourth-order valence-corrected chi connectivity index (χ4v) is 0.919. The fraction of sp³-hybridized carbons (Fsp3) is 1.00. The summed E-state index contributed by atoms with van der Waals surface area (Å²) in [5.41, 5.74) is 10.9. The van der Waals surface area contributed by atoms with Gasteiger partial charge in [-0.25, -0.2) is 0 Å². The van der Waals surface area contributed by atoms with Crippen LogP contribution in [0, 0.1) is 0 Å². The average molecular weight is 160 g/mol. The third kappa shape index (κ3) is 6.28. The minimum atomic E-state index is -0.491. The number of aliphatic hydroxyl groups excluding tert-OH is 1. The number of hydrogen-bond donors (Lipinski definition) is 3. The Labute approximate surface area is 68.8 Å². The molecule has 0 spiro atoms. The second kappa shape index (κ2) is 5.52. The summed E-state index contributed by atoms with van der Waals surface area (Å²) in [5, 5.41) is 8.49. The Hall–Kier alpha value is -0.120. The van der Waals surface area contributed by atoms with E-state index in [2.05, 4.69) is 0 Å².